The van der Waals surface area contributed by atoms with Crippen LogP contribution in [-0.4, -0.2) is 26.3 Å². The largest absolute Gasteiger partial charge is 0.348 e. The van der Waals surface area contributed by atoms with Crippen molar-refractivity contribution in [2.45, 2.75) is 19.9 Å². The summed E-state index contributed by atoms with van der Waals surface area (Å²) in [5.41, 5.74) is 1.98. The van der Waals surface area contributed by atoms with Gasteiger partial charge >= 0.3 is 0 Å². The molecule has 1 aromatic carbocycles. The van der Waals surface area contributed by atoms with Gasteiger partial charge < -0.3 is 5.32 Å². The third-order valence-electron chi connectivity index (χ3n) is 3.03. The summed E-state index contributed by atoms with van der Waals surface area (Å²) in [5.74, 6) is 0.323. The summed E-state index contributed by atoms with van der Waals surface area (Å²) in [6.45, 7) is 4.21. The fraction of sp³-hybridized carbons (Fsp3) is 0.357. The highest BCUT2D eigenvalue weighted by molar-refractivity contribution is 14.1. The third-order valence-corrected chi connectivity index (χ3v) is 3.98. The van der Waals surface area contributed by atoms with E-state index in [0.29, 0.717) is 17.0 Å². The molecular weight excluding hydrogens is 353 g/mol. The van der Waals surface area contributed by atoms with Crippen LogP contribution in [0.3, 0.4) is 0 Å². The molecule has 0 aliphatic rings. The van der Waals surface area contributed by atoms with Gasteiger partial charge in [-0.3, -0.25) is 14.8 Å². The molecule has 0 radical (unpaired) electrons. The van der Waals surface area contributed by atoms with Crippen LogP contribution >= 0.6 is 22.6 Å². The van der Waals surface area contributed by atoms with Crippen molar-refractivity contribution in [1.82, 2.24) is 15.3 Å². The predicted molar refractivity (Wildman–Crippen MR) is 84.5 cm³/mol. The predicted octanol–water partition coefficient (Wildman–Crippen LogP) is 2.82. The fourth-order valence-corrected chi connectivity index (χ4v) is 3.04. The van der Waals surface area contributed by atoms with E-state index in [2.05, 4.69) is 51.7 Å². The number of halogens is 1. The van der Waals surface area contributed by atoms with Crippen molar-refractivity contribution in [3.63, 3.8) is 0 Å². The van der Waals surface area contributed by atoms with Crippen LogP contribution in [0.25, 0.3) is 11.0 Å². The molecule has 1 atom stereocenters. The number of alkyl halides is 1. The molecule has 0 fully saturated rings. The molecule has 1 unspecified atom stereocenters. The van der Waals surface area contributed by atoms with Crippen LogP contribution in [0.2, 0.25) is 0 Å². The zero-order valence-corrected chi connectivity index (χ0v) is 13.1. The molecule has 1 heterocycles. The molecule has 4 nitrogen and oxygen atoms in total. The van der Waals surface area contributed by atoms with Crippen molar-refractivity contribution in [2.75, 3.05) is 4.43 Å². The highest BCUT2D eigenvalue weighted by Crippen LogP contribution is 2.15. The van der Waals surface area contributed by atoms with E-state index in [1.165, 1.54) is 0 Å². The van der Waals surface area contributed by atoms with Crippen molar-refractivity contribution in [2.24, 2.45) is 5.92 Å². The van der Waals surface area contributed by atoms with Crippen LogP contribution in [0.4, 0.5) is 0 Å². The Morgan fingerprint density at radius 2 is 2.05 bits per heavy atom. The second-order valence-electron chi connectivity index (χ2n) is 4.71. The fourth-order valence-electron chi connectivity index (χ4n) is 1.81. The highest BCUT2D eigenvalue weighted by Gasteiger charge is 2.17. The average Bonchev–Trinajstić information content (AvgIpc) is 2.43. The molecule has 1 aromatic heterocycles. The van der Waals surface area contributed by atoms with Crippen molar-refractivity contribution in [3.8, 4) is 0 Å². The van der Waals surface area contributed by atoms with Gasteiger partial charge in [0, 0.05) is 22.9 Å². The molecule has 5 heteroatoms. The molecule has 0 saturated carbocycles. The summed E-state index contributed by atoms with van der Waals surface area (Å²) >= 11 is 2.29. The van der Waals surface area contributed by atoms with Crippen LogP contribution in [0.15, 0.2) is 30.6 Å². The first kappa shape index (κ1) is 14.2. The Bertz CT molecular complexity index is 580. The quantitative estimate of drug-likeness (QED) is 0.666. The van der Waals surface area contributed by atoms with Gasteiger partial charge in [0.1, 0.15) is 5.52 Å². The Morgan fingerprint density at radius 1 is 1.32 bits per heavy atom. The molecule has 0 aliphatic heterocycles. The number of carbonyl (C=O) groups excluding carboxylic acids is 1. The summed E-state index contributed by atoms with van der Waals surface area (Å²) in [4.78, 5) is 20.8. The highest BCUT2D eigenvalue weighted by atomic mass is 127. The van der Waals surface area contributed by atoms with Gasteiger partial charge in [0.15, 0.2) is 0 Å². The molecule has 1 N–H and O–H groups in total. The lowest BCUT2D eigenvalue weighted by Crippen LogP contribution is -2.39. The van der Waals surface area contributed by atoms with Crippen molar-refractivity contribution in [3.05, 3.63) is 36.2 Å². The Morgan fingerprint density at radius 3 is 2.74 bits per heavy atom. The summed E-state index contributed by atoms with van der Waals surface area (Å²) in [5, 5.41) is 3.06. The number of benzene rings is 1. The lowest BCUT2D eigenvalue weighted by Gasteiger charge is -2.20. The molecule has 100 valence electrons. The molecule has 0 saturated heterocycles. The number of nitrogens with one attached hydrogen (secondary N) is 1. The zero-order valence-electron chi connectivity index (χ0n) is 10.9. The standard InChI is InChI=1S/C14H16IN3O/c1-9(2)12(8-15)18-14(19)10-4-3-5-11-13(10)17-7-6-16-11/h3-7,9,12H,8H2,1-2H3,(H,18,19). The second-order valence-corrected chi connectivity index (χ2v) is 5.59. The van der Waals surface area contributed by atoms with Crippen molar-refractivity contribution < 1.29 is 4.79 Å². The number of amides is 1. The minimum atomic E-state index is -0.0820. The molecule has 1 amide bonds. The molecule has 0 aliphatic carbocycles. The van der Waals surface area contributed by atoms with E-state index in [4.69, 9.17) is 0 Å². The minimum Gasteiger partial charge on any atom is -0.348 e. The SMILES string of the molecule is CC(C)C(CI)NC(=O)c1cccc2nccnc12. The van der Waals surface area contributed by atoms with Gasteiger partial charge in [0.25, 0.3) is 5.91 Å². The van der Waals surface area contributed by atoms with Gasteiger partial charge in [-0.2, -0.15) is 0 Å². The Labute approximate surface area is 126 Å². The number of hydrogen-bond acceptors (Lipinski definition) is 3. The maximum Gasteiger partial charge on any atom is 0.253 e. The van der Waals surface area contributed by atoms with Gasteiger partial charge in [0.05, 0.1) is 11.1 Å². The second kappa shape index (κ2) is 6.27. The van der Waals surface area contributed by atoms with E-state index in [0.717, 1.165) is 9.94 Å². The Kier molecular flexibility index (Phi) is 4.68. The first-order valence-corrected chi connectivity index (χ1v) is 7.72. The van der Waals surface area contributed by atoms with Crippen LogP contribution in [0.5, 0.6) is 0 Å². The number of rotatable bonds is 4. The molecule has 2 rings (SSSR count). The van der Waals surface area contributed by atoms with Crippen LogP contribution < -0.4 is 5.32 Å². The van der Waals surface area contributed by atoms with Gasteiger partial charge in [-0.1, -0.05) is 42.5 Å². The average molecular weight is 369 g/mol. The lowest BCUT2D eigenvalue weighted by molar-refractivity contribution is 0.0933. The first-order valence-electron chi connectivity index (χ1n) is 6.20. The van der Waals surface area contributed by atoms with E-state index in [1.54, 1.807) is 18.5 Å². The summed E-state index contributed by atoms with van der Waals surface area (Å²) in [7, 11) is 0. The number of aromatic nitrogens is 2. The first-order chi connectivity index (χ1) is 9.13. The molecule has 0 bridgehead atoms. The van der Waals surface area contributed by atoms with Gasteiger partial charge in [-0.15, -0.1) is 0 Å². The number of carbonyl (C=O) groups is 1. The monoisotopic (exact) mass is 369 g/mol. The van der Waals surface area contributed by atoms with E-state index in [1.807, 2.05) is 12.1 Å². The van der Waals surface area contributed by atoms with Crippen molar-refractivity contribution >= 4 is 39.5 Å². The number of para-hydroxylation sites is 1. The van der Waals surface area contributed by atoms with Crippen LogP contribution in [0.1, 0.15) is 24.2 Å². The Hall–Kier alpha value is -1.24. The third kappa shape index (κ3) is 3.20. The maximum absolute atomic E-state index is 12.4. The van der Waals surface area contributed by atoms with E-state index >= 15 is 0 Å². The van der Waals surface area contributed by atoms with E-state index in [-0.39, 0.29) is 11.9 Å². The zero-order chi connectivity index (χ0) is 13.8. The number of hydrogen-bond donors (Lipinski definition) is 1. The van der Waals surface area contributed by atoms with Gasteiger partial charge in [-0.25, -0.2) is 0 Å². The summed E-state index contributed by atoms with van der Waals surface area (Å²) < 4.78 is 0.887. The van der Waals surface area contributed by atoms with Gasteiger partial charge in [-0.05, 0) is 18.1 Å². The summed E-state index contributed by atoms with van der Waals surface area (Å²) in [6.07, 6.45) is 3.24. The van der Waals surface area contributed by atoms with E-state index < -0.39 is 0 Å². The number of fused-ring (bicyclic) bond motifs is 1. The summed E-state index contributed by atoms with van der Waals surface area (Å²) in [6, 6.07) is 5.65. The molecule has 2 aromatic rings. The van der Waals surface area contributed by atoms with Crippen LogP contribution in [0, 0.1) is 5.92 Å². The molecule has 19 heavy (non-hydrogen) atoms. The van der Waals surface area contributed by atoms with Crippen LogP contribution in [-0.2, 0) is 0 Å². The molecular formula is C14H16IN3O. The smallest absolute Gasteiger partial charge is 0.253 e. The van der Waals surface area contributed by atoms with Crippen molar-refractivity contribution in [1.29, 1.82) is 0 Å². The van der Waals surface area contributed by atoms with E-state index in [9.17, 15) is 4.79 Å². The van der Waals surface area contributed by atoms with Gasteiger partial charge in [0.2, 0.25) is 0 Å². The lowest BCUT2D eigenvalue weighted by atomic mass is 10.1. The topological polar surface area (TPSA) is 54.9 Å². The number of nitrogens with zero attached hydrogens (tertiary/aromatic N) is 2. The maximum atomic E-state index is 12.4. The minimum absolute atomic E-state index is 0.0820. The molecule has 0 spiro atoms. The Balaban J connectivity index is 2.31. The normalized spacial score (nSPS) is 12.6.